The van der Waals surface area contributed by atoms with Gasteiger partial charge in [0.25, 0.3) is 0 Å². The number of nitrogens with zero attached hydrogens (tertiary/aromatic N) is 1. The molecule has 1 amide bonds. The molecular formula is C18H27ClN2O3S. The molecule has 1 aliphatic rings. The largest absolute Gasteiger partial charge is 0.353 e. The third-order valence-electron chi connectivity index (χ3n) is 4.67. The highest BCUT2D eigenvalue weighted by Gasteiger charge is 2.22. The van der Waals surface area contributed by atoms with Crippen LogP contribution in [0.25, 0.3) is 0 Å². The highest BCUT2D eigenvalue weighted by molar-refractivity contribution is 7.92. The number of sulfonamides is 1. The Bertz CT molecular complexity index is 698. The Morgan fingerprint density at radius 2 is 1.88 bits per heavy atom. The van der Waals surface area contributed by atoms with Crippen molar-refractivity contribution in [3.8, 4) is 0 Å². The first kappa shape index (κ1) is 20.0. The highest BCUT2D eigenvalue weighted by Crippen LogP contribution is 2.28. The number of nitrogens with one attached hydrogen (secondary N) is 1. The monoisotopic (exact) mass is 386 g/mol. The van der Waals surface area contributed by atoms with E-state index in [2.05, 4.69) is 5.32 Å². The zero-order valence-electron chi connectivity index (χ0n) is 14.9. The number of hydrogen-bond acceptors (Lipinski definition) is 3. The zero-order valence-corrected chi connectivity index (χ0v) is 16.5. The van der Waals surface area contributed by atoms with E-state index in [1.165, 1.54) is 17.1 Å². The van der Waals surface area contributed by atoms with Crippen molar-refractivity contribution >= 4 is 33.2 Å². The molecule has 0 radical (unpaired) electrons. The number of rotatable bonds is 6. The second-order valence-corrected chi connectivity index (χ2v) is 9.04. The van der Waals surface area contributed by atoms with E-state index in [0.29, 0.717) is 16.3 Å². The molecule has 0 atom stereocenters. The fourth-order valence-corrected chi connectivity index (χ4v) is 4.41. The molecule has 0 aliphatic heterocycles. The van der Waals surface area contributed by atoms with E-state index in [9.17, 15) is 13.2 Å². The predicted molar refractivity (Wildman–Crippen MR) is 103 cm³/mol. The first-order valence-electron chi connectivity index (χ1n) is 8.81. The average Bonchev–Trinajstić information content (AvgIpc) is 2.79. The Hall–Kier alpha value is -1.27. The van der Waals surface area contributed by atoms with E-state index >= 15 is 0 Å². The van der Waals surface area contributed by atoms with Crippen molar-refractivity contribution in [2.45, 2.75) is 57.9 Å². The van der Waals surface area contributed by atoms with Crippen molar-refractivity contribution in [3.05, 3.63) is 28.8 Å². The van der Waals surface area contributed by atoms with Gasteiger partial charge in [-0.05, 0) is 37.5 Å². The third kappa shape index (κ3) is 5.89. The summed E-state index contributed by atoms with van der Waals surface area (Å²) >= 11 is 6.11. The summed E-state index contributed by atoms with van der Waals surface area (Å²) in [5, 5.41) is 3.57. The molecule has 140 valence electrons. The third-order valence-corrected chi connectivity index (χ3v) is 6.26. The number of halogens is 1. The van der Waals surface area contributed by atoms with Gasteiger partial charge in [0.1, 0.15) is 0 Å². The second kappa shape index (κ2) is 8.90. The van der Waals surface area contributed by atoms with E-state index in [1.54, 1.807) is 25.1 Å². The van der Waals surface area contributed by atoms with Crippen LogP contribution in [0.4, 0.5) is 5.69 Å². The van der Waals surface area contributed by atoms with Gasteiger partial charge < -0.3 is 5.32 Å². The molecular weight excluding hydrogens is 360 g/mol. The standard InChI is InChI=1S/C18H27ClN2O3S/c1-14-16(19)10-7-11-17(14)21(25(2,23)24)13-12-18(22)20-15-8-5-3-4-6-9-15/h7,10-11,15H,3-6,8-9,12-13H2,1-2H3,(H,20,22). The van der Waals surface area contributed by atoms with Crippen LogP contribution in [0, 0.1) is 6.92 Å². The molecule has 0 heterocycles. The summed E-state index contributed by atoms with van der Waals surface area (Å²) in [6.45, 7) is 1.89. The van der Waals surface area contributed by atoms with Gasteiger partial charge in [0, 0.05) is 24.0 Å². The Balaban J connectivity index is 2.03. The summed E-state index contributed by atoms with van der Waals surface area (Å²) < 4.78 is 25.7. The molecule has 2 rings (SSSR count). The molecule has 0 unspecified atom stereocenters. The second-order valence-electron chi connectivity index (χ2n) is 6.73. The van der Waals surface area contributed by atoms with Crippen LogP contribution in [0.5, 0.6) is 0 Å². The summed E-state index contributed by atoms with van der Waals surface area (Å²) in [5.74, 6) is -0.0970. The summed E-state index contributed by atoms with van der Waals surface area (Å²) in [6.07, 6.45) is 8.03. The van der Waals surface area contributed by atoms with Crippen LogP contribution in [-0.4, -0.2) is 33.2 Å². The number of carbonyl (C=O) groups excluding carboxylic acids is 1. The number of hydrogen-bond donors (Lipinski definition) is 1. The van der Waals surface area contributed by atoms with E-state index in [-0.39, 0.29) is 24.9 Å². The molecule has 25 heavy (non-hydrogen) atoms. The van der Waals surface area contributed by atoms with Gasteiger partial charge in [0.15, 0.2) is 0 Å². The van der Waals surface area contributed by atoms with Gasteiger partial charge in [0.05, 0.1) is 11.9 Å². The van der Waals surface area contributed by atoms with E-state index in [0.717, 1.165) is 31.9 Å². The van der Waals surface area contributed by atoms with Crippen LogP contribution in [0.2, 0.25) is 5.02 Å². The maximum absolute atomic E-state index is 12.3. The predicted octanol–water partition coefficient (Wildman–Crippen LogP) is 3.64. The van der Waals surface area contributed by atoms with Crippen molar-refractivity contribution in [2.75, 3.05) is 17.1 Å². The van der Waals surface area contributed by atoms with Gasteiger partial charge in [-0.2, -0.15) is 0 Å². The van der Waals surface area contributed by atoms with Gasteiger partial charge in [0.2, 0.25) is 15.9 Å². The van der Waals surface area contributed by atoms with Crippen LogP contribution in [0.15, 0.2) is 18.2 Å². The molecule has 1 fully saturated rings. The molecule has 0 aromatic heterocycles. The van der Waals surface area contributed by atoms with E-state index < -0.39 is 10.0 Å². The molecule has 5 nitrogen and oxygen atoms in total. The van der Waals surface area contributed by atoms with Crippen molar-refractivity contribution in [1.82, 2.24) is 5.32 Å². The molecule has 1 saturated carbocycles. The highest BCUT2D eigenvalue weighted by atomic mass is 35.5. The summed E-state index contributed by atoms with van der Waals surface area (Å²) in [7, 11) is -3.50. The number of amides is 1. The van der Waals surface area contributed by atoms with Crippen LogP contribution in [0.3, 0.4) is 0 Å². The molecule has 0 saturated heterocycles. The maximum Gasteiger partial charge on any atom is 0.232 e. The smallest absolute Gasteiger partial charge is 0.232 e. The lowest BCUT2D eigenvalue weighted by Gasteiger charge is -2.25. The van der Waals surface area contributed by atoms with Crippen LogP contribution in [0.1, 0.15) is 50.5 Å². The van der Waals surface area contributed by atoms with Crippen molar-refractivity contribution in [3.63, 3.8) is 0 Å². The number of benzene rings is 1. The van der Waals surface area contributed by atoms with Gasteiger partial charge in [-0.15, -0.1) is 0 Å². The minimum atomic E-state index is -3.50. The molecule has 0 bridgehead atoms. The fourth-order valence-electron chi connectivity index (χ4n) is 3.26. The van der Waals surface area contributed by atoms with Crippen molar-refractivity contribution in [1.29, 1.82) is 0 Å². The SMILES string of the molecule is Cc1c(Cl)cccc1N(CCC(=O)NC1CCCCCC1)S(C)(=O)=O. The quantitative estimate of drug-likeness (QED) is 0.759. The number of carbonyl (C=O) groups is 1. The Kier molecular flexibility index (Phi) is 7.14. The van der Waals surface area contributed by atoms with E-state index in [1.807, 2.05) is 0 Å². The zero-order chi connectivity index (χ0) is 18.4. The van der Waals surface area contributed by atoms with Crippen LogP contribution in [-0.2, 0) is 14.8 Å². The lowest BCUT2D eigenvalue weighted by atomic mass is 10.1. The average molecular weight is 387 g/mol. The van der Waals surface area contributed by atoms with Gasteiger partial charge in [-0.1, -0.05) is 43.4 Å². The summed E-state index contributed by atoms with van der Waals surface area (Å²) in [4.78, 5) is 12.3. The maximum atomic E-state index is 12.3. The molecule has 1 N–H and O–H groups in total. The van der Waals surface area contributed by atoms with E-state index in [4.69, 9.17) is 11.6 Å². The van der Waals surface area contributed by atoms with Crippen molar-refractivity contribution < 1.29 is 13.2 Å². The van der Waals surface area contributed by atoms with Gasteiger partial charge in [-0.25, -0.2) is 8.42 Å². The summed E-state index contributed by atoms with van der Waals surface area (Å²) in [5.41, 5.74) is 1.22. The first-order chi connectivity index (χ1) is 11.8. The molecule has 0 spiro atoms. The van der Waals surface area contributed by atoms with Crippen molar-refractivity contribution in [2.24, 2.45) is 0 Å². The summed E-state index contributed by atoms with van der Waals surface area (Å²) in [6, 6.07) is 5.37. The first-order valence-corrected chi connectivity index (χ1v) is 11.0. The fraction of sp³-hybridized carbons (Fsp3) is 0.611. The molecule has 1 aromatic rings. The lowest BCUT2D eigenvalue weighted by molar-refractivity contribution is -0.121. The Morgan fingerprint density at radius 3 is 2.48 bits per heavy atom. The molecule has 1 aliphatic carbocycles. The Labute approximate surface area is 155 Å². The minimum absolute atomic E-state index is 0.0970. The topological polar surface area (TPSA) is 66.5 Å². The van der Waals surface area contributed by atoms with Gasteiger partial charge in [-0.3, -0.25) is 9.10 Å². The molecule has 7 heteroatoms. The van der Waals surface area contributed by atoms with Crippen LogP contribution < -0.4 is 9.62 Å². The van der Waals surface area contributed by atoms with Crippen LogP contribution >= 0.6 is 11.6 Å². The van der Waals surface area contributed by atoms with Gasteiger partial charge >= 0.3 is 0 Å². The number of anilines is 1. The Morgan fingerprint density at radius 1 is 1.24 bits per heavy atom. The normalized spacial score (nSPS) is 16.3. The minimum Gasteiger partial charge on any atom is -0.353 e. The molecule has 1 aromatic carbocycles. The lowest BCUT2D eigenvalue weighted by Crippen LogP contribution is -2.38.